The van der Waals surface area contributed by atoms with Crippen LogP contribution in [0.5, 0.6) is 11.6 Å². The molecule has 1 N–H and O–H groups in total. The molecule has 0 spiro atoms. The maximum absolute atomic E-state index is 14.0. The molecule has 0 bridgehead atoms. The molecule has 0 aliphatic carbocycles. The summed E-state index contributed by atoms with van der Waals surface area (Å²) >= 11 is 0. The maximum Gasteiger partial charge on any atom is 0.416 e. The van der Waals surface area contributed by atoms with Crippen LogP contribution in [-0.2, 0) is 30.5 Å². The minimum atomic E-state index is -4.54. The van der Waals surface area contributed by atoms with Crippen LogP contribution in [0.1, 0.15) is 45.6 Å². The van der Waals surface area contributed by atoms with Gasteiger partial charge in [-0.1, -0.05) is 36.4 Å². The molecule has 0 radical (unpaired) electrons. The van der Waals surface area contributed by atoms with Crippen LogP contribution in [0, 0.1) is 5.92 Å². The van der Waals surface area contributed by atoms with Crippen molar-refractivity contribution in [3.63, 3.8) is 0 Å². The molecule has 46 heavy (non-hydrogen) atoms. The van der Waals surface area contributed by atoms with E-state index < -0.39 is 17.6 Å². The zero-order valence-corrected chi connectivity index (χ0v) is 25.2. The summed E-state index contributed by atoms with van der Waals surface area (Å²) in [7, 11) is 2.02. The van der Waals surface area contributed by atoms with E-state index in [-0.39, 0.29) is 29.3 Å². The van der Waals surface area contributed by atoms with Gasteiger partial charge in [-0.3, -0.25) is 4.79 Å². The predicted molar refractivity (Wildman–Crippen MR) is 167 cm³/mol. The van der Waals surface area contributed by atoms with Crippen molar-refractivity contribution in [3.05, 3.63) is 113 Å². The highest BCUT2D eigenvalue weighted by atomic mass is 19.4. The highest BCUT2D eigenvalue weighted by molar-refractivity contribution is 6.12. The van der Waals surface area contributed by atoms with Gasteiger partial charge in [-0.05, 0) is 80.7 Å². The van der Waals surface area contributed by atoms with E-state index in [1.54, 1.807) is 24.3 Å². The van der Waals surface area contributed by atoms with Crippen LogP contribution in [0.4, 0.5) is 18.9 Å². The monoisotopic (exact) mass is 630 g/mol. The highest BCUT2D eigenvalue weighted by Crippen LogP contribution is 2.36. The number of furan rings is 1. The Bertz CT molecular complexity index is 1800. The molecule has 0 atom stereocenters. The van der Waals surface area contributed by atoms with Crippen molar-refractivity contribution < 1.29 is 31.9 Å². The fourth-order valence-corrected chi connectivity index (χ4v) is 5.60. The number of hydrogen-bond acceptors (Lipinski definition) is 7. The molecule has 0 saturated carbocycles. The van der Waals surface area contributed by atoms with Gasteiger partial charge in [0, 0.05) is 23.2 Å². The number of hydrogen-bond donors (Lipinski definition) is 1. The summed E-state index contributed by atoms with van der Waals surface area (Å²) in [4.78, 5) is 23.7. The van der Waals surface area contributed by atoms with E-state index in [1.807, 2.05) is 37.4 Å². The van der Waals surface area contributed by atoms with Gasteiger partial charge in [-0.15, -0.1) is 0 Å². The average molecular weight is 631 g/mol. The SMILES string of the molecule is CN1CCC(Cc2ccc(NC(=O)c3coc4cc(Oc5cc(COCc6ccccc6)ncn5)ccc34)cc2C(F)(F)F)CC1. The van der Waals surface area contributed by atoms with E-state index in [1.165, 1.54) is 24.7 Å². The van der Waals surface area contributed by atoms with Crippen molar-refractivity contribution in [1.29, 1.82) is 0 Å². The third kappa shape index (κ3) is 7.72. The topological polar surface area (TPSA) is 89.7 Å². The number of halogens is 3. The van der Waals surface area contributed by atoms with Gasteiger partial charge in [0.05, 0.1) is 30.0 Å². The number of rotatable bonds is 10. The highest BCUT2D eigenvalue weighted by Gasteiger charge is 2.34. The number of piperidine rings is 1. The lowest BCUT2D eigenvalue weighted by molar-refractivity contribution is -0.138. The van der Waals surface area contributed by atoms with Crippen molar-refractivity contribution in [3.8, 4) is 11.6 Å². The van der Waals surface area contributed by atoms with E-state index in [9.17, 15) is 18.0 Å². The van der Waals surface area contributed by atoms with Crippen molar-refractivity contribution in [2.75, 3.05) is 25.5 Å². The normalized spacial score (nSPS) is 14.4. The molecule has 1 saturated heterocycles. The Morgan fingerprint density at radius 3 is 2.59 bits per heavy atom. The summed E-state index contributed by atoms with van der Waals surface area (Å²) in [6, 6.07) is 20.4. The number of carbonyl (C=O) groups excluding carboxylic acids is 1. The predicted octanol–water partition coefficient (Wildman–Crippen LogP) is 7.89. The largest absolute Gasteiger partial charge is 0.463 e. The van der Waals surface area contributed by atoms with Crippen molar-refractivity contribution in [2.45, 2.75) is 38.7 Å². The van der Waals surface area contributed by atoms with E-state index in [0.717, 1.165) is 37.6 Å². The molecule has 2 aromatic heterocycles. The molecule has 8 nitrogen and oxygen atoms in total. The zero-order valence-electron chi connectivity index (χ0n) is 25.2. The number of nitrogens with zero attached hydrogens (tertiary/aromatic N) is 3. The Morgan fingerprint density at radius 2 is 1.80 bits per heavy atom. The van der Waals surface area contributed by atoms with Crippen LogP contribution in [-0.4, -0.2) is 40.9 Å². The summed E-state index contributed by atoms with van der Waals surface area (Å²) in [6.45, 7) is 2.46. The van der Waals surface area contributed by atoms with Gasteiger partial charge < -0.3 is 24.1 Å². The second-order valence-electron chi connectivity index (χ2n) is 11.5. The van der Waals surface area contributed by atoms with Gasteiger partial charge in [0.2, 0.25) is 5.88 Å². The quantitative estimate of drug-likeness (QED) is 0.168. The van der Waals surface area contributed by atoms with Gasteiger partial charge in [0.15, 0.2) is 0 Å². The number of anilines is 1. The average Bonchev–Trinajstić information content (AvgIpc) is 3.47. The molecule has 3 heterocycles. The molecule has 238 valence electrons. The van der Waals surface area contributed by atoms with Crippen LogP contribution >= 0.6 is 0 Å². The van der Waals surface area contributed by atoms with Gasteiger partial charge in [0.25, 0.3) is 5.91 Å². The molecular weight excluding hydrogens is 597 g/mol. The lowest BCUT2D eigenvalue weighted by atomic mass is 9.88. The van der Waals surface area contributed by atoms with Crippen LogP contribution < -0.4 is 10.1 Å². The van der Waals surface area contributed by atoms with Crippen LogP contribution in [0.15, 0.2) is 89.8 Å². The number of likely N-dealkylation sites (tertiary alicyclic amines) is 1. The van der Waals surface area contributed by atoms with Gasteiger partial charge >= 0.3 is 6.18 Å². The maximum atomic E-state index is 14.0. The summed E-state index contributed by atoms with van der Waals surface area (Å²) < 4.78 is 59.4. The summed E-state index contributed by atoms with van der Waals surface area (Å²) in [5.74, 6) is 0.328. The Hall–Kier alpha value is -4.74. The molecule has 1 aliphatic rings. The Kier molecular flexibility index (Phi) is 9.32. The van der Waals surface area contributed by atoms with Crippen LogP contribution in [0.2, 0.25) is 0 Å². The third-order valence-corrected chi connectivity index (χ3v) is 8.09. The molecule has 5 aromatic rings. The lowest BCUT2D eigenvalue weighted by Gasteiger charge is -2.29. The molecule has 3 aromatic carbocycles. The first-order valence-electron chi connectivity index (χ1n) is 15.0. The van der Waals surface area contributed by atoms with E-state index >= 15 is 0 Å². The number of carbonyl (C=O) groups is 1. The molecule has 6 rings (SSSR count). The molecule has 1 aliphatic heterocycles. The number of aromatic nitrogens is 2. The first kappa shape index (κ1) is 31.3. The van der Waals surface area contributed by atoms with Gasteiger partial charge in [0.1, 0.15) is 23.9 Å². The number of ether oxygens (including phenoxy) is 2. The number of nitrogens with one attached hydrogen (secondary N) is 1. The lowest BCUT2D eigenvalue weighted by Crippen LogP contribution is -2.31. The first-order valence-corrected chi connectivity index (χ1v) is 15.0. The molecule has 1 amide bonds. The number of amides is 1. The Labute approximate surface area is 264 Å². The number of fused-ring (bicyclic) bond motifs is 1. The first-order chi connectivity index (χ1) is 22.2. The Balaban J connectivity index is 1.11. The van der Waals surface area contributed by atoms with Gasteiger partial charge in [-0.2, -0.15) is 13.2 Å². The third-order valence-electron chi connectivity index (χ3n) is 8.09. The molecule has 1 fully saturated rings. The van der Waals surface area contributed by atoms with Crippen LogP contribution in [0.25, 0.3) is 11.0 Å². The van der Waals surface area contributed by atoms with Crippen molar-refractivity contribution in [2.24, 2.45) is 5.92 Å². The summed E-state index contributed by atoms with van der Waals surface area (Å²) in [5.41, 5.74) is 1.83. The second-order valence-corrected chi connectivity index (χ2v) is 11.5. The van der Waals surface area contributed by atoms with Crippen LogP contribution in [0.3, 0.4) is 0 Å². The minimum absolute atomic E-state index is 0.0612. The molecule has 11 heteroatoms. The summed E-state index contributed by atoms with van der Waals surface area (Å²) in [6.07, 6.45) is 0.186. The number of benzene rings is 3. The fourth-order valence-electron chi connectivity index (χ4n) is 5.60. The van der Waals surface area contributed by atoms with Crippen molar-refractivity contribution >= 4 is 22.6 Å². The van der Waals surface area contributed by atoms with E-state index in [0.29, 0.717) is 41.3 Å². The minimum Gasteiger partial charge on any atom is -0.463 e. The summed E-state index contributed by atoms with van der Waals surface area (Å²) in [5, 5.41) is 3.09. The van der Waals surface area contributed by atoms with Crippen molar-refractivity contribution in [1.82, 2.24) is 14.9 Å². The second kappa shape index (κ2) is 13.7. The zero-order chi connectivity index (χ0) is 32.1. The van der Waals surface area contributed by atoms with Gasteiger partial charge in [-0.25, -0.2) is 9.97 Å². The Morgan fingerprint density at radius 1 is 1.00 bits per heavy atom. The van der Waals surface area contributed by atoms with E-state index in [4.69, 9.17) is 13.9 Å². The molecule has 0 unspecified atom stereocenters. The smallest absolute Gasteiger partial charge is 0.416 e. The number of alkyl halides is 3. The molecular formula is C35H33F3N4O4. The standard InChI is InChI=1S/C35H33F3N4O4/c1-42-13-11-23(12-14-42)15-25-7-8-26(16-31(25)35(36,37)38)41-34(43)30-21-45-32-18-28(9-10-29(30)32)46-33-17-27(39-22-40-33)20-44-19-24-5-3-2-4-6-24/h2-10,16-18,21-23H,11-15,19-20H2,1H3,(H,41,43). The van der Waals surface area contributed by atoms with E-state index in [2.05, 4.69) is 20.2 Å². The fraction of sp³-hybridized carbons (Fsp3) is 0.286.